The summed E-state index contributed by atoms with van der Waals surface area (Å²) in [7, 11) is 0. The molecular formula is C19H10Br2ClN3OS. The van der Waals surface area contributed by atoms with E-state index in [1.807, 2.05) is 36.4 Å². The van der Waals surface area contributed by atoms with E-state index in [4.69, 9.17) is 16.6 Å². The lowest BCUT2D eigenvalue weighted by molar-refractivity contribution is 0.102. The summed E-state index contributed by atoms with van der Waals surface area (Å²) < 4.78 is 2.69. The molecule has 4 aromatic rings. The van der Waals surface area contributed by atoms with Gasteiger partial charge in [0, 0.05) is 20.7 Å². The molecule has 0 aliphatic carbocycles. The number of rotatable bonds is 3. The number of thiazole rings is 1. The number of para-hydroxylation sites is 1. The minimum absolute atomic E-state index is 0.157. The number of fused-ring (bicyclic) bond motifs is 1. The van der Waals surface area contributed by atoms with Crippen LogP contribution in [0.4, 0.5) is 5.69 Å². The number of aromatic nitrogens is 2. The van der Waals surface area contributed by atoms with Crippen molar-refractivity contribution in [1.29, 1.82) is 0 Å². The van der Waals surface area contributed by atoms with Crippen molar-refractivity contribution < 1.29 is 4.79 Å². The molecule has 0 unspecified atom stereocenters. The largest absolute Gasteiger partial charge is 0.320 e. The number of pyridine rings is 1. The zero-order valence-electron chi connectivity index (χ0n) is 13.5. The van der Waals surface area contributed by atoms with E-state index in [1.54, 1.807) is 29.7 Å². The lowest BCUT2D eigenvalue weighted by Crippen LogP contribution is -2.14. The van der Waals surface area contributed by atoms with E-state index in [0.717, 1.165) is 29.7 Å². The van der Waals surface area contributed by atoms with E-state index in [2.05, 4.69) is 42.2 Å². The van der Waals surface area contributed by atoms with Crippen molar-refractivity contribution in [3.8, 4) is 10.6 Å². The molecule has 8 heteroatoms. The highest BCUT2D eigenvalue weighted by atomic mass is 79.9. The fourth-order valence-electron chi connectivity index (χ4n) is 2.59. The van der Waals surface area contributed by atoms with Crippen molar-refractivity contribution in [3.05, 3.63) is 74.4 Å². The second-order valence-corrected chi connectivity index (χ2v) is 8.75. The average molecular weight is 524 g/mol. The van der Waals surface area contributed by atoms with Crippen molar-refractivity contribution in [3.63, 3.8) is 0 Å². The van der Waals surface area contributed by atoms with Crippen LogP contribution < -0.4 is 5.32 Å². The second kappa shape index (κ2) is 7.67. The summed E-state index contributed by atoms with van der Waals surface area (Å²) in [5.41, 5.74) is 2.67. The lowest BCUT2D eigenvalue weighted by Gasteiger charge is -2.13. The molecule has 4 rings (SSSR count). The van der Waals surface area contributed by atoms with Gasteiger partial charge in [0.05, 0.1) is 21.5 Å². The number of benzene rings is 2. The molecule has 1 amide bonds. The molecule has 1 N–H and O–H groups in total. The first-order chi connectivity index (χ1) is 13.0. The molecule has 0 bridgehead atoms. The molecule has 2 aromatic carbocycles. The van der Waals surface area contributed by atoms with Gasteiger partial charge in [-0.05, 0) is 52.3 Å². The number of anilines is 1. The van der Waals surface area contributed by atoms with E-state index >= 15 is 0 Å². The molecule has 0 spiro atoms. The van der Waals surface area contributed by atoms with Gasteiger partial charge >= 0.3 is 0 Å². The highest BCUT2D eigenvalue weighted by molar-refractivity contribution is 9.11. The Hall–Kier alpha value is -1.80. The zero-order chi connectivity index (χ0) is 19.0. The van der Waals surface area contributed by atoms with E-state index in [1.165, 1.54) is 0 Å². The molecule has 4 nitrogen and oxygen atoms in total. The average Bonchev–Trinajstić information content (AvgIpc) is 3.08. The number of nitrogens with zero attached hydrogens (tertiary/aromatic N) is 2. The Morgan fingerprint density at radius 2 is 1.93 bits per heavy atom. The number of hydrogen-bond acceptors (Lipinski definition) is 4. The standard InChI is InChI=1S/C19H10Br2ClN3OS/c20-10-8-12(19-24-14-5-1-2-6-15(14)27-19)16(13(21)9-10)25-18(26)11-4-3-7-23-17(11)22/h1-9H,(H,25,26). The first kappa shape index (κ1) is 18.6. The van der Waals surface area contributed by atoms with Gasteiger partial charge < -0.3 is 5.32 Å². The molecule has 0 aliphatic heterocycles. The molecular weight excluding hydrogens is 514 g/mol. The topological polar surface area (TPSA) is 54.9 Å². The van der Waals surface area contributed by atoms with Gasteiger partial charge in [0.15, 0.2) is 0 Å². The van der Waals surface area contributed by atoms with E-state index in [0.29, 0.717) is 11.3 Å². The first-order valence-corrected chi connectivity index (χ1v) is 10.6. The zero-order valence-corrected chi connectivity index (χ0v) is 18.3. The second-order valence-electron chi connectivity index (χ2n) is 5.59. The quantitative estimate of drug-likeness (QED) is 0.301. The predicted octanol–water partition coefficient (Wildman–Crippen LogP) is 6.79. The Balaban J connectivity index is 1.81. The highest BCUT2D eigenvalue weighted by Gasteiger charge is 2.19. The molecule has 2 aromatic heterocycles. The van der Waals surface area contributed by atoms with Gasteiger partial charge in [0.1, 0.15) is 10.2 Å². The van der Waals surface area contributed by atoms with Gasteiger partial charge in [-0.15, -0.1) is 11.3 Å². The molecule has 0 fully saturated rings. The Kier molecular flexibility index (Phi) is 5.27. The van der Waals surface area contributed by atoms with Crippen molar-refractivity contribution in [2.75, 3.05) is 5.32 Å². The molecule has 0 saturated carbocycles. The van der Waals surface area contributed by atoms with E-state index < -0.39 is 0 Å². The van der Waals surface area contributed by atoms with Gasteiger partial charge in [-0.2, -0.15) is 0 Å². The van der Waals surface area contributed by atoms with Crippen LogP contribution in [0.1, 0.15) is 10.4 Å². The molecule has 0 saturated heterocycles. The van der Waals surface area contributed by atoms with Crippen molar-refractivity contribution >= 4 is 76.6 Å². The van der Waals surface area contributed by atoms with Crippen molar-refractivity contribution in [1.82, 2.24) is 9.97 Å². The highest BCUT2D eigenvalue weighted by Crippen LogP contribution is 2.40. The molecule has 2 heterocycles. The van der Waals surface area contributed by atoms with Crippen LogP contribution >= 0.6 is 54.8 Å². The van der Waals surface area contributed by atoms with Gasteiger partial charge in [0.25, 0.3) is 5.91 Å². The summed E-state index contributed by atoms with van der Waals surface area (Å²) in [4.78, 5) is 21.4. The first-order valence-electron chi connectivity index (χ1n) is 7.80. The molecule has 0 atom stereocenters. The summed E-state index contributed by atoms with van der Waals surface area (Å²) in [5.74, 6) is -0.335. The maximum Gasteiger partial charge on any atom is 0.258 e. The fourth-order valence-corrected chi connectivity index (χ4v) is 5.11. The Labute approximate surface area is 180 Å². The third-order valence-electron chi connectivity index (χ3n) is 3.82. The maximum atomic E-state index is 12.7. The summed E-state index contributed by atoms with van der Waals surface area (Å²) in [6, 6.07) is 15.0. The lowest BCUT2D eigenvalue weighted by atomic mass is 10.1. The minimum Gasteiger partial charge on any atom is -0.320 e. The smallest absolute Gasteiger partial charge is 0.258 e. The fraction of sp³-hybridized carbons (Fsp3) is 0. The number of amides is 1. The number of carbonyl (C=O) groups excluding carboxylic acids is 1. The SMILES string of the molecule is O=C(Nc1c(Br)cc(Br)cc1-c1nc2ccccc2s1)c1cccnc1Cl. The third kappa shape index (κ3) is 3.78. The maximum absolute atomic E-state index is 12.7. The van der Waals surface area contributed by atoms with Crippen LogP contribution in [0.2, 0.25) is 5.15 Å². The van der Waals surface area contributed by atoms with Crippen molar-refractivity contribution in [2.24, 2.45) is 0 Å². The number of carbonyl (C=O) groups is 1. The Morgan fingerprint density at radius 1 is 1.11 bits per heavy atom. The van der Waals surface area contributed by atoms with Crippen LogP contribution in [0, 0.1) is 0 Å². The molecule has 0 aliphatic rings. The van der Waals surface area contributed by atoms with Crippen LogP contribution in [-0.4, -0.2) is 15.9 Å². The van der Waals surface area contributed by atoms with E-state index in [-0.39, 0.29) is 11.1 Å². The van der Waals surface area contributed by atoms with Gasteiger partial charge in [-0.3, -0.25) is 4.79 Å². The van der Waals surface area contributed by atoms with Crippen LogP contribution in [0.15, 0.2) is 63.7 Å². The van der Waals surface area contributed by atoms with Crippen LogP contribution in [0.3, 0.4) is 0 Å². The summed E-state index contributed by atoms with van der Waals surface area (Å²) in [6.45, 7) is 0. The molecule has 134 valence electrons. The Bertz CT molecular complexity index is 1150. The minimum atomic E-state index is -0.335. The monoisotopic (exact) mass is 521 g/mol. The summed E-state index contributed by atoms with van der Waals surface area (Å²) >= 11 is 14.7. The van der Waals surface area contributed by atoms with Crippen LogP contribution in [-0.2, 0) is 0 Å². The Morgan fingerprint density at radius 3 is 2.70 bits per heavy atom. The summed E-state index contributed by atoms with van der Waals surface area (Å²) in [5, 5.41) is 3.91. The molecule has 0 radical (unpaired) electrons. The summed E-state index contributed by atoms with van der Waals surface area (Å²) in [6.07, 6.45) is 1.54. The number of halogens is 3. The third-order valence-corrected chi connectivity index (χ3v) is 6.28. The van der Waals surface area contributed by atoms with Gasteiger partial charge in [0.2, 0.25) is 0 Å². The van der Waals surface area contributed by atoms with E-state index in [9.17, 15) is 4.79 Å². The number of hydrogen-bond donors (Lipinski definition) is 1. The van der Waals surface area contributed by atoms with Gasteiger partial charge in [-0.1, -0.05) is 39.7 Å². The normalized spacial score (nSPS) is 10.9. The van der Waals surface area contributed by atoms with Gasteiger partial charge in [-0.25, -0.2) is 9.97 Å². The van der Waals surface area contributed by atoms with Crippen LogP contribution in [0.5, 0.6) is 0 Å². The predicted molar refractivity (Wildman–Crippen MR) is 118 cm³/mol. The van der Waals surface area contributed by atoms with Crippen molar-refractivity contribution in [2.45, 2.75) is 0 Å². The number of nitrogens with one attached hydrogen (secondary N) is 1. The van der Waals surface area contributed by atoms with Crippen LogP contribution in [0.25, 0.3) is 20.8 Å². The molecule has 27 heavy (non-hydrogen) atoms.